The number of aryl methyl sites for hydroxylation is 1. The van der Waals surface area contributed by atoms with Gasteiger partial charge in [0.05, 0.1) is 28.0 Å². The molecule has 0 saturated heterocycles. The lowest BCUT2D eigenvalue weighted by atomic mass is 10.2. The van der Waals surface area contributed by atoms with Crippen LogP contribution in [0.15, 0.2) is 41.4 Å². The molecule has 0 fully saturated rings. The third kappa shape index (κ3) is 4.15. The molecular weight excluding hydrogens is 288 g/mol. The summed E-state index contributed by atoms with van der Waals surface area (Å²) >= 11 is 0. The van der Waals surface area contributed by atoms with Crippen LogP contribution in [0.1, 0.15) is 11.3 Å². The maximum absolute atomic E-state index is 12.1. The van der Waals surface area contributed by atoms with Crippen molar-refractivity contribution in [2.24, 2.45) is 7.05 Å². The monoisotopic (exact) mass is 304 g/mol. The summed E-state index contributed by atoms with van der Waals surface area (Å²) in [5, 5.41) is 15.9. The zero-order valence-corrected chi connectivity index (χ0v) is 12.5. The molecule has 1 aromatic carbocycles. The molecule has 110 valence electrons. The van der Waals surface area contributed by atoms with E-state index in [1.54, 1.807) is 4.68 Å². The summed E-state index contributed by atoms with van der Waals surface area (Å²) < 4.78 is 25.9. The molecule has 0 unspecified atom stereocenters. The van der Waals surface area contributed by atoms with E-state index in [4.69, 9.17) is 5.26 Å². The second-order valence-electron chi connectivity index (χ2n) is 4.61. The molecule has 0 amide bonds. The number of benzene rings is 1. The van der Waals surface area contributed by atoms with E-state index in [-0.39, 0.29) is 10.6 Å². The lowest BCUT2D eigenvalue weighted by Crippen LogP contribution is -2.23. The molecule has 1 heterocycles. The van der Waals surface area contributed by atoms with Gasteiger partial charge in [0.15, 0.2) is 9.84 Å². The Hall–Kier alpha value is -2.17. The Bertz CT molecular complexity index is 742. The average Bonchev–Trinajstić information content (AvgIpc) is 2.89. The Kier molecular flexibility index (Phi) is 4.73. The molecule has 1 aromatic heterocycles. The fourth-order valence-corrected chi connectivity index (χ4v) is 3.03. The van der Waals surface area contributed by atoms with E-state index in [0.717, 1.165) is 5.69 Å². The minimum atomic E-state index is -3.33. The SMILES string of the molecule is Cn1ccc(CNCCS(=O)(=O)c2ccc(C#N)cc2)n1. The summed E-state index contributed by atoms with van der Waals surface area (Å²) in [6, 6.07) is 9.79. The summed E-state index contributed by atoms with van der Waals surface area (Å²) in [6.07, 6.45) is 1.84. The largest absolute Gasteiger partial charge is 0.310 e. The van der Waals surface area contributed by atoms with Crippen LogP contribution in [0.5, 0.6) is 0 Å². The molecule has 2 aromatic rings. The van der Waals surface area contributed by atoms with Crippen LogP contribution < -0.4 is 5.32 Å². The normalized spacial score (nSPS) is 11.2. The second kappa shape index (κ2) is 6.52. The summed E-state index contributed by atoms with van der Waals surface area (Å²) in [7, 11) is -1.50. The maximum Gasteiger partial charge on any atom is 0.179 e. The lowest BCUT2D eigenvalue weighted by molar-refractivity contribution is 0.589. The van der Waals surface area contributed by atoms with E-state index >= 15 is 0 Å². The van der Waals surface area contributed by atoms with Crippen molar-refractivity contribution in [3.05, 3.63) is 47.8 Å². The number of nitriles is 1. The number of hydrogen-bond donors (Lipinski definition) is 1. The molecule has 21 heavy (non-hydrogen) atoms. The van der Waals surface area contributed by atoms with Gasteiger partial charge in [-0.15, -0.1) is 0 Å². The number of nitrogens with one attached hydrogen (secondary N) is 1. The molecule has 0 aliphatic heterocycles. The molecule has 0 aliphatic carbocycles. The number of aromatic nitrogens is 2. The highest BCUT2D eigenvalue weighted by Crippen LogP contribution is 2.11. The van der Waals surface area contributed by atoms with Crippen LogP contribution in [0.4, 0.5) is 0 Å². The quantitative estimate of drug-likeness (QED) is 0.800. The van der Waals surface area contributed by atoms with E-state index in [0.29, 0.717) is 18.7 Å². The molecular formula is C14H16N4O2S. The third-order valence-corrected chi connectivity index (χ3v) is 4.70. The van der Waals surface area contributed by atoms with Crippen molar-refractivity contribution in [3.63, 3.8) is 0 Å². The van der Waals surface area contributed by atoms with Crippen molar-refractivity contribution in [2.75, 3.05) is 12.3 Å². The van der Waals surface area contributed by atoms with Crippen molar-refractivity contribution in [1.29, 1.82) is 5.26 Å². The summed E-state index contributed by atoms with van der Waals surface area (Å²) in [5.41, 5.74) is 1.32. The van der Waals surface area contributed by atoms with Crippen LogP contribution >= 0.6 is 0 Å². The zero-order valence-electron chi connectivity index (χ0n) is 11.7. The van der Waals surface area contributed by atoms with E-state index in [1.807, 2.05) is 25.4 Å². The number of rotatable bonds is 6. The van der Waals surface area contributed by atoms with Crippen LogP contribution in [0.25, 0.3) is 0 Å². The molecule has 0 spiro atoms. The van der Waals surface area contributed by atoms with Crippen molar-refractivity contribution < 1.29 is 8.42 Å². The van der Waals surface area contributed by atoms with Gasteiger partial charge in [0.2, 0.25) is 0 Å². The molecule has 0 atom stereocenters. The van der Waals surface area contributed by atoms with E-state index in [2.05, 4.69) is 10.4 Å². The Morgan fingerprint density at radius 3 is 2.57 bits per heavy atom. The highest BCUT2D eigenvalue weighted by Gasteiger charge is 2.13. The maximum atomic E-state index is 12.1. The van der Waals surface area contributed by atoms with Crippen molar-refractivity contribution >= 4 is 9.84 Å². The van der Waals surface area contributed by atoms with E-state index < -0.39 is 9.84 Å². The number of hydrogen-bond acceptors (Lipinski definition) is 5. The van der Waals surface area contributed by atoms with Crippen LogP contribution in [-0.2, 0) is 23.4 Å². The van der Waals surface area contributed by atoms with Gasteiger partial charge in [0.1, 0.15) is 0 Å². The van der Waals surface area contributed by atoms with Crippen molar-refractivity contribution in [1.82, 2.24) is 15.1 Å². The van der Waals surface area contributed by atoms with E-state index in [9.17, 15) is 8.42 Å². The average molecular weight is 304 g/mol. The minimum Gasteiger partial charge on any atom is -0.310 e. The smallest absolute Gasteiger partial charge is 0.179 e. The Morgan fingerprint density at radius 2 is 2.00 bits per heavy atom. The van der Waals surface area contributed by atoms with Gasteiger partial charge in [-0.3, -0.25) is 4.68 Å². The van der Waals surface area contributed by atoms with Gasteiger partial charge in [-0.05, 0) is 30.3 Å². The first-order valence-corrected chi connectivity index (χ1v) is 8.09. The number of sulfone groups is 1. The summed E-state index contributed by atoms with van der Waals surface area (Å²) in [4.78, 5) is 0.237. The fourth-order valence-electron chi connectivity index (χ4n) is 1.84. The van der Waals surface area contributed by atoms with Crippen LogP contribution in [0.3, 0.4) is 0 Å². The van der Waals surface area contributed by atoms with Gasteiger partial charge in [-0.2, -0.15) is 10.4 Å². The zero-order chi connectivity index (χ0) is 15.3. The van der Waals surface area contributed by atoms with Crippen molar-refractivity contribution in [3.8, 4) is 6.07 Å². The van der Waals surface area contributed by atoms with Crippen molar-refractivity contribution in [2.45, 2.75) is 11.4 Å². The van der Waals surface area contributed by atoms with Crippen LogP contribution in [0, 0.1) is 11.3 Å². The first-order chi connectivity index (χ1) is 10.0. The first-order valence-electron chi connectivity index (χ1n) is 6.43. The Labute approximate surface area is 123 Å². The summed E-state index contributed by atoms with van der Waals surface area (Å²) in [6.45, 7) is 0.878. The second-order valence-corrected chi connectivity index (χ2v) is 6.72. The topological polar surface area (TPSA) is 87.8 Å². The molecule has 0 saturated carbocycles. The molecule has 7 heteroatoms. The van der Waals surface area contributed by atoms with Crippen LogP contribution in [0.2, 0.25) is 0 Å². The third-order valence-electron chi connectivity index (χ3n) is 2.97. The highest BCUT2D eigenvalue weighted by atomic mass is 32.2. The highest BCUT2D eigenvalue weighted by molar-refractivity contribution is 7.91. The summed E-state index contributed by atoms with van der Waals surface area (Å²) in [5.74, 6) is 0.00569. The van der Waals surface area contributed by atoms with E-state index in [1.165, 1.54) is 24.3 Å². The van der Waals surface area contributed by atoms with Gasteiger partial charge in [-0.1, -0.05) is 0 Å². The molecule has 6 nitrogen and oxygen atoms in total. The molecule has 0 bridgehead atoms. The molecule has 0 aliphatic rings. The van der Waals surface area contributed by atoms with Gasteiger partial charge in [-0.25, -0.2) is 8.42 Å². The Balaban J connectivity index is 1.87. The Morgan fingerprint density at radius 1 is 1.29 bits per heavy atom. The standard InChI is InChI=1S/C14H16N4O2S/c1-18-8-6-13(17-18)11-16-7-9-21(19,20)14-4-2-12(10-15)3-5-14/h2-6,8,16H,7,9,11H2,1H3. The molecule has 0 radical (unpaired) electrons. The molecule has 1 N–H and O–H groups in total. The van der Waals surface area contributed by atoms with Gasteiger partial charge in [0.25, 0.3) is 0 Å². The predicted octanol–water partition coefficient (Wildman–Crippen LogP) is 0.855. The molecule has 2 rings (SSSR count). The van der Waals surface area contributed by atoms with Crippen LogP contribution in [-0.4, -0.2) is 30.5 Å². The number of nitrogens with zero attached hydrogens (tertiary/aromatic N) is 3. The fraction of sp³-hybridized carbons (Fsp3) is 0.286. The predicted molar refractivity (Wildman–Crippen MR) is 78.1 cm³/mol. The first kappa shape index (κ1) is 15.2. The minimum absolute atomic E-state index is 0.00569. The van der Waals surface area contributed by atoms with Gasteiger partial charge >= 0.3 is 0 Å². The van der Waals surface area contributed by atoms with Gasteiger partial charge in [0, 0.05) is 26.3 Å². The van der Waals surface area contributed by atoms with Gasteiger partial charge < -0.3 is 5.32 Å². The lowest BCUT2D eigenvalue weighted by Gasteiger charge is -2.05.